The molecule has 9 nitrogen and oxygen atoms in total. The fraction of sp³-hybridized carbons (Fsp3) is 0.367. The first-order valence-corrected chi connectivity index (χ1v) is 15.4. The summed E-state index contributed by atoms with van der Waals surface area (Å²) in [5.74, 6) is 0.165. The number of halogens is 3. The van der Waals surface area contributed by atoms with E-state index in [1.54, 1.807) is 30.3 Å². The Bertz CT molecular complexity index is 1700. The normalized spacial score (nSPS) is 18.4. The minimum Gasteiger partial charge on any atom is -0.443 e. The summed E-state index contributed by atoms with van der Waals surface area (Å²) in [5, 5.41) is 0.465. The quantitative estimate of drug-likeness (QED) is 0.270. The SMILES string of the molecule is O=C(CCc1cc(-c2ccc(C(F)(F)F)cc2)nc(N2CCOCC2)n1)[C@@H]1CCCN1S(=O)(=O)c1cc2ccccc2o1. The summed E-state index contributed by atoms with van der Waals surface area (Å²) in [7, 11) is -4.03. The second-order valence-electron chi connectivity index (χ2n) is 10.6. The van der Waals surface area contributed by atoms with Crippen LogP contribution in [0.4, 0.5) is 19.1 Å². The molecule has 4 heterocycles. The number of benzene rings is 2. The lowest BCUT2D eigenvalue weighted by Crippen LogP contribution is -2.40. The molecule has 0 bridgehead atoms. The van der Waals surface area contributed by atoms with Crippen LogP contribution in [0.15, 0.2) is 70.2 Å². The van der Waals surface area contributed by atoms with Gasteiger partial charge in [-0.05, 0) is 43.5 Å². The summed E-state index contributed by atoms with van der Waals surface area (Å²) in [4.78, 5) is 24.6. The molecule has 2 aromatic carbocycles. The van der Waals surface area contributed by atoms with Gasteiger partial charge in [0.1, 0.15) is 5.58 Å². The number of hydrogen-bond acceptors (Lipinski definition) is 8. The van der Waals surface area contributed by atoms with E-state index in [1.165, 1.54) is 22.5 Å². The number of anilines is 1. The molecular weight excluding hydrogens is 585 g/mol. The molecule has 0 radical (unpaired) electrons. The Labute approximate surface area is 246 Å². The first-order chi connectivity index (χ1) is 20.6. The van der Waals surface area contributed by atoms with E-state index in [0.29, 0.717) is 73.0 Å². The van der Waals surface area contributed by atoms with Crippen molar-refractivity contribution in [1.82, 2.24) is 14.3 Å². The third-order valence-electron chi connectivity index (χ3n) is 7.74. The summed E-state index contributed by atoms with van der Waals surface area (Å²) in [6.07, 6.45) is -3.27. The van der Waals surface area contributed by atoms with Crippen LogP contribution in [0.2, 0.25) is 0 Å². The molecule has 43 heavy (non-hydrogen) atoms. The smallest absolute Gasteiger partial charge is 0.416 e. The van der Waals surface area contributed by atoms with Crippen molar-refractivity contribution in [3.63, 3.8) is 0 Å². The lowest BCUT2D eigenvalue weighted by molar-refractivity contribution is -0.137. The molecule has 2 aliphatic rings. The predicted molar refractivity (Wildman–Crippen MR) is 152 cm³/mol. The highest BCUT2D eigenvalue weighted by Crippen LogP contribution is 2.33. The van der Waals surface area contributed by atoms with Gasteiger partial charge in [0, 0.05) is 48.8 Å². The molecule has 4 aromatic rings. The molecule has 0 spiro atoms. The zero-order chi connectivity index (χ0) is 30.2. The van der Waals surface area contributed by atoms with Crippen molar-refractivity contribution in [2.24, 2.45) is 0 Å². The van der Waals surface area contributed by atoms with E-state index in [1.807, 2.05) is 4.90 Å². The number of ether oxygens (including phenoxy) is 1. The molecule has 0 amide bonds. The van der Waals surface area contributed by atoms with Crippen molar-refractivity contribution in [3.05, 3.63) is 71.9 Å². The van der Waals surface area contributed by atoms with Crippen molar-refractivity contribution in [3.8, 4) is 11.3 Å². The van der Waals surface area contributed by atoms with Crippen LogP contribution in [-0.4, -0.2) is 67.4 Å². The maximum absolute atomic E-state index is 13.5. The summed E-state index contributed by atoms with van der Waals surface area (Å²) in [6.45, 7) is 2.28. The summed E-state index contributed by atoms with van der Waals surface area (Å²) in [5.41, 5.74) is 1.14. The van der Waals surface area contributed by atoms with Gasteiger partial charge >= 0.3 is 6.18 Å². The van der Waals surface area contributed by atoms with Crippen LogP contribution in [0.1, 0.15) is 30.5 Å². The highest BCUT2D eigenvalue weighted by molar-refractivity contribution is 7.89. The number of rotatable bonds is 8. The fourth-order valence-electron chi connectivity index (χ4n) is 5.46. The number of fused-ring (bicyclic) bond motifs is 1. The van der Waals surface area contributed by atoms with Crippen LogP contribution in [-0.2, 0) is 32.2 Å². The van der Waals surface area contributed by atoms with Crippen molar-refractivity contribution in [1.29, 1.82) is 0 Å². The highest BCUT2D eigenvalue weighted by Gasteiger charge is 2.40. The van der Waals surface area contributed by atoms with E-state index in [2.05, 4.69) is 9.97 Å². The van der Waals surface area contributed by atoms with E-state index in [-0.39, 0.29) is 30.3 Å². The van der Waals surface area contributed by atoms with Gasteiger partial charge in [0.05, 0.1) is 30.5 Å². The van der Waals surface area contributed by atoms with E-state index in [9.17, 15) is 26.4 Å². The monoisotopic (exact) mass is 614 g/mol. The molecule has 2 saturated heterocycles. The molecule has 6 rings (SSSR count). The molecule has 2 aromatic heterocycles. The Balaban J connectivity index is 1.22. The Hall–Kier alpha value is -3.81. The van der Waals surface area contributed by atoms with Gasteiger partial charge in [-0.1, -0.05) is 30.3 Å². The van der Waals surface area contributed by atoms with Crippen molar-refractivity contribution < 1.29 is 35.5 Å². The Kier molecular flexibility index (Phi) is 7.96. The van der Waals surface area contributed by atoms with Crippen LogP contribution >= 0.6 is 0 Å². The maximum Gasteiger partial charge on any atom is 0.416 e. The van der Waals surface area contributed by atoms with Gasteiger partial charge in [-0.2, -0.15) is 17.5 Å². The van der Waals surface area contributed by atoms with Gasteiger partial charge in [-0.15, -0.1) is 0 Å². The van der Waals surface area contributed by atoms with Crippen molar-refractivity contribution in [2.45, 2.75) is 43.0 Å². The largest absolute Gasteiger partial charge is 0.443 e. The number of aromatic nitrogens is 2. The van der Waals surface area contributed by atoms with E-state index >= 15 is 0 Å². The number of ketones is 1. The molecular formula is C30H29F3N4O5S. The topological polar surface area (TPSA) is 106 Å². The van der Waals surface area contributed by atoms with Gasteiger partial charge in [-0.3, -0.25) is 4.79 Å². The zero-order valence-corrected chi connectivity index (χ0v) is 23.9. The van der Waals surface area contributed by atoms with Gasteiger partial charge in [0.15, 0.2) is 5.78 Å². The van der Waals surface area contributed by atoms with Crippen LogP contribution in [0.25, 0.3) is 22.2 Å². The first-order valence-electron chi connectivity index (χ1n) is 14.0. The number of nitrogens with zero attached hydrogens (tertiary/aromatic N) is 4. The Morgan fingerprint density at radius 1 is 0.977 bits per heavy atom. The number of para-hydroxylation sites is 1. The Morgan fingerprint density at radius 3 is 2.44 bits per heavy atom. The number of carbonyl (C=O) groups excluding carboxylic acids is 1. The number of hydrogen-bond donors (Lipinski definition) is 0. The van der Waals surface area contributed by atoms with Gasteiger partial charge in [0.25, 0.3) is 10.0 Å². The lowest BCUT2D eigenvalue weighted by atomic mass is 10.0. The Morgan fingerprint density at radius 2 is 1.72 bits per heavy atom. The van der Waals surface area contributed by atoms with Crippen LogP contribution in [0.5, 0.6) is 0 Å². The highest BCUT2D eigenvalue weighted by atomic mass is 32.2. The summed E-state index contributed by atoms with van der Waals surface area (Å²) in [6, 6.07) is 14.0. The lowest BCUT2D eigenvalue weighted by Gasteiger charge is -2.27. The average molecular weight is 615 g/mol. The number of alkyl halides is 3. The molecule has 0 saturated carbocycles. The maximum atomic E-state index is 13.5. The molecule has 0 unspecified atom stereocenters. The van der Waals surface area contributed by atoms with E-state index in [4.69, 9.17) is 9.15 Å². The number of furan rings is 1. The average Bonchev–Trinajstić information content (AvgIpc) is 3.69. The molecule has 0 N–H and O–H groups in total. The van der Waals surface area contributed by atoms with Crippen LogP contribution in [0, 0.1) is 0 Å². The standard InChI is InChI=1S/C30H29F3N4O5S/c31-30(32,33)22-9-7-20(8-10-22)24-19-23(34-29(35-24)36-14-16-41-17-15-36)11-12-26(38)25-5-3-13-37(25)43(39,40)28-18-21-4-1-2-6-27(21)42-28/h1-2,4,6-10,18-19,25H,3,5,11-17H2/t25-/m0/s1. The molecule has 1 atom stereocenters. The number of sulfonamides is 1. The molecule has 226 valence electrons. The van der Waals surface area contributed by atoms with Crippen LogP contribution < -0.4 is 4.90 Å². The number of morpholine rings is 1. The number of aryl methyl sites for hydroxylation is 1. The van der Waals surface area contributed by atoms with Gasteiger partial charge < -0.3 is 14.1 Å². The van der Waals surface area contributed by atoms with Crippen LogP contribution in [0.3, 0.4) is 0 Å². The third kappa shape index (κ3) is 6.15. The van der Waals surface area contributed by atoms with E-state index in [0.717, 1.165) is 12.1 Å². The minimum atomic E-state index is -4.46. The first kappa shape index (κ1) is 29.3. The molecule has 2 aliphatic heterocycles. The third-order valence-corrected chi connectivity index (χ3v) is 9.50. The second-order valence-corrected chi connectivity index (χ2v) is 12.4. The van der Waals surface area contributed by atoms with E-state index < -0.39 is 27.8 Å². The molecule has 2 fully saturated rings. The number of Topliss-reactive ketones (excluding diaryl/α,β-unsaturated/α-hetero) is 1. The van der Waals surface area contributed by atoms with Gasteiger partial charge in [0.2, 0.25) is 11.0 Å². The van der Waals surface area contributed by atoms with Gasteiger partial charge in [-0.25, -0.2) is 18.4 Å². The predicted octanol–water partition coefficient (Wildman–Crippen LogP) is 5.10. The molecule has 13 heteroatoms. The minimum absolute atomic E-state index is 0.0306. The van der Waals surface area contributed by atoms with Crippen molar-refractivity contribution in [2.75, 3.05) is 37.7 Å². The zero-order valence-electron chi connectivity index (χ0n) is 23.1. The second kappa shape index (κ2) is 11.7. The number of carbonyl (C=O) groups is 1. The molecule has 0 aliphatic carbocycles. The summed E-state index contributed by atoms with van der Waals surface area (Å²) < 4.78 is 78.6. The van der Waals surface area contributed by atoms with Crippen molar-refractivity contribution >= 4 is 32.7 Å². The fourth-order valence-corrected chi connectivity index (χ4v) is 7.09. The summed E-state index contributed by atoms with van der Waals surface area (Å²) >= 11 is 0.